The fourth-order valence-corrected chi connectivity index (χ4v) is 4.61. The largest absolute Gasteiger partial charge is 0.388 e. The van der Waals surface area contributed by atoms with E-state index in [1.165, 1.54) is 12.8 Å². The van der Waals surface area contributed by atoms with Crippen molar-refractivity contribution in [1.82, 2.24) is 20.4 Å². The minimum atomic E-state index is -0.672. The number of aromatic nitrogens is 2. The number of likely N-dealkylation sites (tertiary alicyclic amines) is 1. The van der Waals surface area contributed by atoms with Crippen LogP contribution in [0.25, 0.3) is 10.9 Å². The molecule has 152 valence electrons. The number of aliphatic hydroxyl groups excluding tert-OH is 1. The zero-order valence-corrected chi connectivity index (χ0v) is 17.3. The molecular formula is C21H29ClN4O2. The topological polar surface area (TPSA) is 81.2 Å². The van der Waals surface area contributed by atoms with Crippen molar-refractivity contribution >= 4 is 28.5 Å². The summed E-state index contributed by atoms with van der Waals surface area (Å²) in [5, 5.41) is 22.9. The molecule has 2 heterocycles. The van der Waals surface area contributed by atoms with E-state index >= 15 is 0 Å². The number of rotatable bonds is 5. The van der Waals surface area contributed by atoms with Crippen molar-refractivity contribution in [3.63, 3.8) is 0 Å². The van der Waals surface area contributed by atoms with Gasteiger partial charge in [0.25, 0.3) is 0 Å². The molecule has 1 saturated heterocycles. The van der Waals surface area contributed by atoms with Crippen LogP contribution in [0.15, 0.2) is 18.3 Å². The maximum absolute atomic E-state index is 12.3. The van der Waals surface area contributed by atoms with Crippen LogP contribution in [-0.4, -0.2) is 45.9 Å². The molecule has 28 heavy (non-hydrogen) atoms. The molecule has 4 rings (SSSR count). The summed E-state index contributed by atoms with van der Waals surface area (Å²) in [5.74, 6) is 1.000. The molecule has 0 radical (unpaired) electrons. The third-order valence-corrected chi connectivity index (χ3v) is 6.83. The number of nitrogens with one attached hydrogen (secondary N) is 2. The average Bonchev–Trinajstić information content (AvgIpc) is 3.40. The van der Waals surface area contributed by atoms with Gasteiger partial charge in [-0.2, -0.15) is 5.10 Å². The number of carbonyl (C=O) groups excluding carboxylic acids is 1. The van der Waals surface area contributed by atoms with Gasteiger partial charge >= 0.3 is 6.03 Å². The van der Waals surface area contributed by atoms with E-state index < -0.39 is 6.10 Å². The molecule has 0 bridgehead atoms. The molecule has 1 aromatic carbocycles. The Morgan fingerprint density at radius 2 is 2.07 bits per heavy atom. The minimum absolute atomic E-state index is 0.0534. The summed E-state index contributed by atoms with van der Waals surface area (Å²) in [7, 11) is 0. The second kappa shape index (κ2) is 7.56. The van der Waals surface area contributed by atoms with Crippen LogP contribution in [0.5, 0.6) is 0 Å². The highest BCUT2D eigenvalue weighted by Crippen LogP contribution is 2.46. The minimum Gasteiger partial charge on any atom is -0.388 e. The van der Waals surface area contributed by atoms with E-state index in [1.54, 1.807) is 6.20 Å². The van der Waals surface area contributed by atoms with Gasteiger partial charge in [0.2, 0.25) is 0 Å². The fraction of sp³-hybridized carbons (Fsp3) is 0.619. The Kier molecular flexibility index (Phi) is 5.27. The number of aromatic amines is 1. The van der Waals surface area contributed by atoms with Crippen molar-refractivity contribution in [2.75, 3.05) is 19.6 Å². The monoisotopic (exact) mass is 404 g/mol. The third kappa shape index (κ3) is 3.85. The van der Waals surface area contributed by atoms with Crippen LogP contribution >= 0.6 is 11.6 Å². The number of amides is 2. The molecule has 2 amide bonds. The Morgan fingerprint density at radius 1 is 1.36 bits per heavy atom. The number of aliphatic hydroxyl groups is 1. The first-order chi connectivity index (χ1) is 13.4. The molecule has 1 aliphatic carbocycles. The second-order valence-electron chi connectivity index (χ2n) is 8.94. The van der Waals surface area contributed by atoms with E-state index in [9.17, 15) is 9.90 Å². The number of fused-ring (bicyclic) bond motifs is 1. The molecule has 2 aliphatic rings. The smallest absolute Gasteiger partial charge is 0.317 e. The Morgan fingerprint density at radius 3 is 2.75 bits per heavy atom. The van der Waals surface area contributed by atoms with Gasteiger partial charge < -0.3 is 15.3 Å². The maximum atomic E-state index is 12.3. The number of hydrogen-bond donors (Lipinski definition) is 3. The third-order valence-electron chi connectivity index (χ3n) is 6.62. The van der Waals surface area contributed by atoms with Crippen molar-refractivity contribution < 1.29 is 9.90 Å². The highest BCUT2D eigenvalue weighted by atomic mass is 35.5. The van der Waals surface area contributed by atoms with Crippen molar-refractivity contribution in [1.29, 1.82) is 0 Å². The number of urea groups is 1. The molecule has 3 N–H and O–H groups in total. The molecule has 0 unspecified atom stereocenters. The maximum Gasteiger partial charge on any atom is 0.317 e. The van der Waals surface area contributed by atoms with Crippen LogP contribution < -0.4 is 5.32 Å². The highest BCUT2D eigenvalue weighted by molar-refractivity contribution is 6.31. The van der Waals surface area contributed by atoms with Gasteiger partial charge in [-0.3, -0.25) is 5.10 Å². The van der Waals surface area contributed by atoms with Gasteiger partial charge in [-0.1, -0.05) is 25.4 Å². The van der Waals surface area contributed by atoms with E-state index in [-0.39, 0.29) is 11.4 Å². The second-order valence-corrected chi connectivity index (χ2v) is 9.38. The number of carbonyl (C=O) groups is 1. The predicted octanol–water partition coefficient (Wildman–Crippen LogP) is 4.11. The number of nitrogens with zero attached hydrogens (tertiary/aromatic N) is 2. The number of halogens is 1. The van der Waals surface area contributed by atoms with Crippen LogP contribution in [0.2, 0.25) is 5.02 Å². The molecule has 6 nitrogen and oxygen atoms in total. The summed E-state index contributed by atoms with van der Waals surface area (Å²) >= 11 is 6.27. The van der Waals surface area contributed by atoms with Crippen molar-refractivity contribution in [3.8, 4) is 0 Å². The lowest BCUT2D eigenvalue weighted by atomic mass is 9.68. The standard InChI is InChI=1S/C21H29ClN4O2/c1-21(2,19(27)17-10-16(22)9-14-12-24-25-18(14)17)15-5-7-26(8-6-15)20(28)23-11-13-3-4-13/h9-10,12-13,15,19,27H,3-8,11H2,1-2H3,(H,23,28)(H,24,25)/t19-/m1/s1. The van der Waals surface area contributed by atoms with Crippen molar-refractivity contribution in [2.24, 2.45) is 17.3 Å². The first-order valence-corrected chi connectivity index (χ1v) is 10.6. The van der Waals surface area contributed by atoms with Gasteiger partial charge in [-0.25, -0.2) is 4.79 Å². The molecule has 1 aromatic heterocycles. The van der Waals surface area contributed by atoms with Gasteiger partial charge in [-0.15, -0.1) is 0 Å². The Labute approximate surface area is 170 Å². The van der Waals surface area contributed by atoms with Crippen LogP contribution in [0.1, 0.15) is 51.2 Å². The summed E-state index contributed by atoms with van der Waals surface area (Å²) in [5.41, 5.74) is 1.27. The average molecular weight is 405 g/mol. The summed E-state index contributed by atoms with van der Waals surface area (Å²) in [6.45, 7) is 6.47. The van der Waals surface area contributed by atoms with Gasteiger partial charge in [-0.05, 0) is 55.1 Å². The zero-order valence-electron chi connectivity index (χ0n) is 16.5. The summed E-state index contributed by atoms with van der Waals surface area (Å²) in [4.78, 5) is 14.2. The molecule has 0 spiro atoms. The molecule has 1 atom stereocenters. The van der Waals surface area contributed by atoms with E-state index in [0.717, 1.165) is 48.9 Å². The van der Waals surface area contributed by atoms with E-state index in [1.807, 2.05) is 17.0 Å². The number of hydrogen-bond acceptors (Lipinski definition) is 3. The van der Waals surface area contributed by atoms with Gasteiger partial charge in [0.15, 0.2) is 0 Å². The molecule has 2 aromatic rings. The van der Waals surface area contributed by atoms with Crippen LogP contribution in [0.4, 0.5) is 4.79 Å². The molecule has 1 aliphatic heterocycles. The van der Waals surface area contributed by atoms with Gasteiger partial charge in [0, 0.05) is 35.6 Å². The Bertz CT molecular complexity index is 853. The van der Waals surface area contributed by atoms with Crippen LogP contribution in [-0.2, 0) is 0 Å². The molecule has 7 heteroatoms. The Balaban J connectivity index is 1.43. The van der Waals surface area contributed by atoms with E-state index in [0.29, 0.717) is 16.9 Å². The number of benzene rings is 1. The molecule has 2 fully saturated rings. The van der Waals surface area contributed by atoms with Crippen LogP contribution in [0.3, 0.4) is 0 Å². The predicted molar refractivity (Wildman–Crippen MR) is 110 cm³/mol. The molecular weight excluding hydrogens is 376 g/mol. The fourth-order valence-electron chi connectivity index (χ4n) is 4.38. The van der Waals surface area contributed by atoms with Crippen LogP contribution in [0, 0.1) is 17.3 Å². The summed E-state index contributed by atoms with van der Waals surface area (Å²) in [6, 6.07) is 3.73. The number of piperidine rings is 1. The SMILES string of the molecule is CC(C)(C1CCN(C(=O)NCC2CC2)CC1)[C@H](O)c1cc(Cl)cc2cn[nH]c12. The number of H-pyrrole nitrogens is 1. The van der Waals surface area contributed by atoms with E-state index in [2.05, 4.69) is 29.4 Å². The summed E-state index contributed by atoms with van der Waals surface area (Å²) < 4.78 is 0. The van der Waals surface area contributed by atoms with Gasteiger partial charge in [0.05, 0.1) is 17.8 Å². The lowest BCUT2D eigenvalue weighted by Crippen LogP contribution is -2.47. The van der Waals surface area contributed by atoms with Crippen molar-refractivity contribution in [2.45, 2.75) is 45.6 Å². The first kappa shape index (κ1) is 19.5. The lowest BCUT2D eigenvalue weighted by Gasteiger charge is -2.43. The summed E-state index contributed by atoms with van der Waals surface area (Å²) in [6.07, 6.45) is 5.29. The highest BCUT2D eigenvalue weighted by Gasteiger charge is 2.40. The molecule has 1 saturated carbocycles. The first-order valence-electron chi connectivity index (χ1n) is 10.2. The van der Waals surface area contributed by atoms with Crippen molar-refractivity contribution in [3.05, 3.63) is 28.9 Å². The quantitative estimate of drug-likeness (QED) is 0.701. The normalized spacial score (nSPS) is 19.8. The zero-order chi connectivity index (χ0) is 19.9. The lowest BCUT2D eigenvalue weighted by molar-refractivity contribution is -0.0143. The van der Waals surface area contributed by atoms with E-state index in [4.69, 9.17) is 11.6 Å². The van der Waals surface area contributed by atoms with Gasteiger partial charge in [0.1, 0.15) is 0 Å². The Hall–Kier alpha value is -1.79.